The molecular formula is C4H8ClN3S. The summed E-state index contributed by atoms with van der Waals surface area (Å²) in [4.78, 5) is 5.02. The summed E-state index contributed by atoms with van der Waals surface area (Å²) in [6.45, 7) is 0.713. The number of aromatic nitrogens is 1. The van der Waals surface area contributed by atoms with Gasteiger partial charge in [-0.25, -0.2) is 0 Å². The minimum Gasteiger partial charge on any atom is -0.271 e. The van der Waals surface area contributed by atoms with Crippen molar-refractivity contribution in [3.8, 4) is 0 Å². The highest BCUT2D eigenvalue weighted by Crippen LogP contribution is 2.02. The summed E-state index contributed by atoms with van der Waals surface area (Å²) in [5, 5.41) is 0. The SMILES string of the molecule is Cl.NNCc1cncs1. The van der Waals surface area contributed by atoms with Crippen LogP contribution in [0.4, 0.5) is 0 Å². The number of hydrazine groups is 1. The van der Waals surface area contributed by atoms with Crippen molar-refractivity contribution in [3.05, 3.63) is 16.6 Å². The predicted octanol–water partition coefficient (Wildman–Crippen LogP) is 0.528. The van der Waals surface area contributed by atoms with Crippen LogP contribution in [-0.2, 0) is 6.54 Å². The first kappa shape index (κ1) is 8.84. The summed E-state index contributed by atoms with van der Waals surface area (Å²) in [5.74, 6) is 5.05. The molecule has 0 fully saturated rings. The Morgan fingerprint density at radius 2 is 2.56 bits per heavy atom. The fourth-order valence-electron chi connectivity index (χ4n) is 0.430. The van der Waals surface area contributed by atoms with Gasteiger partial charge in [0.1, 0.15) is 0 Å². The van der Waals surface area contributed by atoms with Gasteiger partial charge in [0.25, 0.3) is 0 Å². The molecular weight excluding hydrogens is 158 g/mol. The predicted molar refractivity (Wildman–Crippen MR) is 40.4 cm³/mol. The first-order valence-electron chi connectivity index (χ1n) is 2.24. The molecule has 1 aromatic rings. The largest absolute Gasteiger partial charge is 0.271 e. The third kappa shape index (κ3) is 2.76. The molecule has 3 nitrogen and oxygen atoms in total. The molecule has 3 N–H and O–H groups in total. The second-order valence-electron chi connectivity index (χ2n) is 1.35. The van der Waals surface area contributed by atoms with Gasteiger partial charge >= 0.3 is 0 Å². The van der Waals surface area contributed by atoms with Gasteiger partial charge in [-0.3, -0.25) is 16.3 Å². The first-order valence-corrected chi connectivity index (χ1v) is 3.12. The van der Waals surface area contributed by atoms with E-state index >= 15 is 0 Å². The minimum atomic E-state index is 0. The smallest absolute Gasteiger partial charge is 0.0794 e. The molecule has 0 aliphatic heterocycles. The second kappa shape index (κ2) is 4.69. The summed E-state index contributed by atoms with van der Waals surface area (Å²) >= 11 is 1.59. The molecule has 0 saturated heterocycles. The molecule has 9 heavy (non-hydrogen) atoms. The summed E-state index contributed by atoms with van der Waals surface area (Å²) in [6.07, 6.45) is 1.80. The summed E-state index contributed by atoms with van der Waals surface area (Å²) in [6, 6.07) is 0. The van der Waals surface area contributed by atoms with E-state index in [4.69, 9.17) is 5.84 Å². The zero-order chi connectivity index (χ0) is 5.82. The van der Waals surface area contributed by atoms with Gasteiger partial charge in [0, 0.05) is 17.6 Å². The lowest BCUT2D eigenvalue weighted by Gasteiger charge is -1.88. The molecule has 1 heterocycles. The van der Waals surface area contributed by atoms with E-state index in [1.807, 2.05) is 0 Å². The van der Waals surface area contributed by atoms with Crippen LogP contribution in [0.2, 0.25) is 0 Å². The first-order chi connectivity index (χ1) is 3.93. The van der Waals surface area contributed by atoms with Crippen LogP contribution in [0.5, 0.6) is 0 Å². The van der Waals surface area contributed by atoms with Crippen LogP contribution >= 0.6 is 23.7 Å². The van der Waals surface area contributed by atoms with Crippen molar-refractivity contribution in [2.24, 2.45) is 5.84 Å². The Hall–Kier alpha value is -0.160. The Morgan fingerprint density at radius 1 is 1.78 bits per heavy atom. The van der Waals surface area contributed by atoms with Gasteiger partial charge < -0.3 is 0 Å². The highest BCUT2D eigenvalue weighted by Gasteiger charge is 1.87. The number of nitrogens with zero attached hydrogens (tertiary/aromatic N) is 1. The van der Waals surface area contributed by atoms with Crippen molar-refractivity contribution in [1.29, 1.82) is 0 Å². The Labute approximate surface area is 63.7 Å². The molecule has 0 saturated carbocycles. The third-order valence-electron chi connectivity index (χ3n) is 0.760. The fraction of sp³-hybridized carbons (Fsp3) is 0.250. The average molecular weight is 166 g/mol. The van der Waals surface area contributed by atoms with Gasteiger partial charge in [-0.2, -0.15) is 0 Å². The van der Waals surface area contributed by atoms with Crippen LogP contribution < -0.4 is 11.3 Å². The maximum Gasteiger partial charge on any atom is 0.0794 e. The fourth-order valence-corrected chi connectivity index (χ4v) is 0.976. The van der Waals surface area contributed by atoms with Crippen molar-refractivity contribution in [2.75, 3.05) is 0 Å². The highest BCUT2D eigenvalue weighted by molar-refractivity contribution is 7.09. The maximum absolute atomic E-state index is 5.05. The summed E-state index contributed by atoms with van der Waals surface area (Å²) in [7, 11) is 0. The molecule has 0 spiro atoms. The Morgan fingerprint density at radius 3 is 3.00 bits per heavy atom. The quantitative estimate of drug-likeness (QED) is 0.497. The Kier molecular flexibility index (Phi) is 4.61. The second-order valence-corrected chi connectivity index (χ2v) is 2.32. The van der Waals surface area contributed by atoms with Crippen LogP contribution in [0.3, 0.4) is 0 Å². The Balaban J connectivity index is 0.000000640. The molecule has 0 radical (unpaired) electrons. The molecule has 0 aromatic carbocycles. The molecule has 1 aromatic heterocycles. The Bertz CT molecular complexity index is 142. The van der Waals surface area contributed by atoms with E-state index in [0.717, 1.165) is 4.88 Å². The van der Waals surface area contributed by atoms with Gasteiger partial charge in [-0.1, -0.05) is 0 Å². The zero-order valence-corrected chi connectivity index (χ0v) is 6.34. The van der Waals surface area contributed by atoms with Crippen LogP contribution in [-0.4, -0.2) is 4.98 Å². The number of thiazole rings is 1. The van der Waals surface area contributed by atoms with Crippen molar-refractivity contribution in [1.82, 2.24) is 10.4 Å². The molecule has 0 bridgehead atoms. The van der Waals surface area contributed by atoms with Gasteiger partial charge in [-0.05, 0) is 0 Å². The number of nitrogens with two attached hydrogens (primary N) is 1. The molecule has 0 amide bonds. The van der Waals surface area contributed by atoms with Gasteiger partial charge in [0.05, 0.1) is 5.51 Å². The molecule has 0 atom stereocenters. The van der Waals surface area contributed by atoms with Gasteiger partial charge in [0.2, 0.25) is 0 Å². The van der Waals surface area contributed by atoms with Crippen LogP contribution in [0.15, 0.2) is 11.7 Å². The normalized spacial score (nSPS) is 8.56. The highest BCUT2D eigenvalue weighted by atomic mass is 35.5. The van der Waals surface area contributed by atoms with Crippen molar-refractivity contribution in [3.63, 3.8) is 0 Å². The van der Waals surface area contributed by atoms with E-state index in [9.17, 15) is 0 Å². The average Bonchev–Trinajstić information content (AvgIpc) is 2.19. The van der Waals surface area contributed by atoms with Crippen molar-refractivity contribution >= 4 is 23.7 Å². The summed E-state index contributed by atoms with van der Waals surface area (Å²) < 4.78 is 0. The van der Waals surface area contributed by atoms with Crippen molar-refractivity contribution < 1.29 is 0 Å². The molecule has 5 heteroatoms. The number of rotatable bonds is 2. The monoisotopic (exact) mass is 165 g/mol. The third-order valence-corrected chi connectivity index (χ3v) is 1.54. The molecule has 52 valence electrons. The van der Waals surface area contributed by atoms with E-state index in [0.29, 0.717) is 6.54 Å². The zero-order valence-electron chi connectivity index (χ0n) is 4.70. The number of nitrogens with one attached hydrogen (secondary N) is 1. The van der Waals surface area contributed by atoms with E-state index in [2.05, 4.69) is 10.4 Å². The summed E-state index contributed by atoms with van der Waals surface area (Å²) in [5.41, 5.74) is 4.32. The van der Waals surface area contributed by atoms with Crippen LogP contribution in [0, 0.1) is 0 Å². The lowest BCUT2D eigenvalue weighted by atomic mass is 10.6. The number of hydrogen-bond donors (Lipinski definition) is 2. The van der Waals surface area contributed by atoms with E-state index in [-0.39, 0.29) is 12.4 Å². The molecule has 0 aliphatic carbocycles. The van der Waals surface area contributed by atoms with Gasteiger partial charge in [0.15, 0.2) is 0 Å². The lowest BCUT2D eigenvalue weighted by Crippen LogP contribution is -2.19. The van der Waals surface area contributed by atoms with Gasteiger partial charge in [-0.15, -0.1) is 23.7 Å². The minimum absolute atomic E-state index is 0. The van der Waals surface area contributed by atoms with Crippen LogP contribution in [0.1, 0.15) is 4.88 Å². The van der Waals surface area contributed by atoms with Crippen LogP contribution in [0.25, 0.3) is 0 Å². The molecule has 0 aliphatic rings. The van der Waals surface area contributed by atoms with E-state index in [1.54, 1.807) is 23.0 Å². The van der Waals surface area contributed by atoms with E-state index < -0.39 is 0 Å². The lowest BCUT2D eigenvalue weighted by molar-refractivity contribution is 0.750. The maximum atomic E-state index is 5.05. The topological polar surface area (TPSA) is 50.9 Å². The molecule has 1 rings (SSSR count). The standard InChI is InChI=1S/C4H7N3S.ClH/c5-7-2-4-1-6-3-8-4;/h1,3,7H,2,5H2;1H. The number of halogens is 1. The molecule has 0 unspecified atom stereocenters. The van der Waals surface area contributed by atoms with Crippen molar-refractivity contribution in [2.45, 2.75) is 6.54 Å². The van der Waals surface area contributed by atoms with E-state index in [1.165, 1.54) is 0 Å². The number of hydrogen-bond acceptors (Lipinski definition) is 4.